The molecule has 1 atom stereocenters. The molecule has 3 fully saturated rings. The van der Waals surface area contributed by atoms with E-state index in [-0.39, 0.29) is 31.1 Å². The number of carboxylic acid groups (broad SMARTS) is 1. The summed E-state index contributed by atoms with van der Waals surface area (Å²) in [5.74, 6) is -1.36. The van der Waals surface area contributed by atoms with E-state index in [1.165, 1.54) is 0 Å². The standard InChI is InChI=1S/C28H33F2N5O4/c1-27(16-28(29,30)17-27)18-39-25-4-2-3-23(32-25)34-10-8-33(9-11-34)15-24-31-21-6-5-19(26(36)37)13-22(21)35(24)14-20-7-12-38-20/h2-6,13,20H,7-12,14-18H2,1H3,(H,36,37)/t20-/m0/s1. The number of benzene rings is 1. The Labute approximate surface area is 225 Å². The lowest BCUT2D eigenvalue weighted by Crippen LogP contribution is -2.47. The lowest BCUT2D eigenvalue weighted by molar-refractivity contribution is -0.165. The number of fused-ring (bicyclic) bond motifs is 1. The minimum absolute atomic E-state index is 0.121. The molecule has 6 rings (SSSR count). The van der Waals surface area contributed by atoms with Crippen LogP contribution in [-0.4, -0.2) is 81.9 Å². The van der Waals surface area contributed by atoms with Crippen LogP contribution >= 0.6 is 0 Å². The number of rotatable bonds is 9. The number of halogens is 2. The van der Waals surface area contributed by atoms with Gasteiger partial charge in [0.15, 0.2) is 0 Å². The molecule has 9 nitrogen and oxygen atoms in total. The Balaban J connectivity index is 1.10. The van der Waals surface area contributed by atoms with Crippen LogP contribution in [0.2, 0.25) is 0 Å². The molecule has 1 aliphatic carbocycles. The highest BCUT2D eigenvalue weighted by atomic mass is 19.3. The van der Waals surface area contributed by atoms with Gasteiger partial charge in [0.1, 0.15) is 11.6 Å². The third-order valence-corrected chi connectivity index (χ3v) is 7.96. The number of nitrogens with zero attached hydrogens (tertiary/aromatic N) is 5. The van der Waals surface area contributed by atoms with Gasteiger partial charge in [-0.25, -0.2) is 18.6 Å². The van der Waals surface area contributed by atoms with Crippen molar-refractivity contribution >= 4 is 22.8 Å². The van der Waals surface area contributed by atoms with Crippen LogP contribution in [0.3, 0.4) is 0 Å². The van der Waals surface area contributed by atoms with Crippen LogP contribution in [-0.2, 0) is 17.8 Å². The predicted octanol–water partition coefficient (Wildman–Crippen LogP) is 4.05. The Morgan fingerprint density at radius 2 is 1.92 bits per heavy atom. The second-order valence-electron chi connectivity index (χ2n) is 11.3. The van der Waals surface area contributed by atoms with Gasteiger partial charge in [0, 0.05) is 57.1 Å². The Bertz CT molecular complexity index is 1360. The van der Waals surface area contributed by atoms with E-state index >= 15 is 0 Å². The van der Waals surface area contributed by atoms with Crippen molar-refractivity contribution < 1.29 is 28.2 Å². The van der Waals surface area contributed by atoms with E-state index in [2.05, 4.69) is 19.4 Å². The number of pyridine rings is 1. The maximum atomic E-state index is 13.3. The number of ether oxygens (including phenoxy) is 2. The predicted molar refractivity (Wildman–Crippen MR) is 141 cm³/mol. The number of hydrogen-bond donors (Lipinski definition) is 1. The van der Waals surface area contributed by atoms with Gasteiger partial charge in [0.25, 0.3) is 0 Å². The molecule has 39 heavy (non-hydrogen) atoms. The first-order valence-electron chi connectivity index (χ1n) is 13.5. The Morgan fingerprint density at radius 1 is 1.15 bits per heavy atom. The summed E-state index contributed by atoms with van der Waals surface area (Å²) in [5.41, 5.74) is 1.34. The molecule has 0 unspecified atom stereocenters. The van der Waals surface area contributed by atoms with Crippen LogP contribution in [0.25, 0.3) is 11.0 Å². The van der Waals surface area contributed by atoms with Gasteiger partial charge in [-0.15, -0.1) is 0 Å². The van der Waals surface area contributed by atoms with Gasteiger partial charge in [-0.2, -0.15) is 4.98 Å². The molecular formula is C28H33F2N5O4. The summed E-state index contributed by atoms with van der Waals surface area (Å²) in [7, 11) is 0. The van der Waals surface area contributed by atoms with Gasteiger partial charge in [0.2, 0.25) is 11.8 Å². The van der Waals surface area contributed by atoms with E-state index in [1.54, 1.807) is 24.3 Å². The molecule has 1 aromatic carbocycles. The zero-order chi connectivity index (χ0) is 27.2. The number of piperazine rings is 1. The maximum absolute atomic E-state index is 13.3. The fourth-order valence-corrected chi connectivity index (χ4v) is 5.80. The molecule has 0 spiro atoms. The molecule has 4 heterocycles. The highest BCUT2D eigenvalue weighted by Crippen LogP contribution is 2.51. The second-order valence-corrected chi connectivity index (χ2v) is 11.3. The highest BCUT2D eigenvalue weighted by molar-refractivity contribution is 5.92. The lowest BCUT2D eigenvalue weighted by Gasteiger charge is -2.44. The van der Waals surface area contributed by atoms with Crippen molar-refractivity contribution in [2.24, 2.45) is 5.41 Å². The maximum Gasteiger partial charge on any atom is 0.335 e. The normalized spacial score (nSPS) is 22.3. The molecule has 0 bridgehead atoms. The fourth-order valence-electron chi connectivity index (χ4n) is 5.80. The smallest absolute Gasteiger partial charge is 0.335 e. The van der Waals surface area contributed by atoms with E-state index < -0.39 is 17.3 Å². The summed E-state index contributed by atoms with van der Waals surface area (Å²) in [4.78, 5) is 25.6. The van der Waals surface area contributed by atoms with E-state index in [9.17, 15) is 18.7 Å². The van der Waals surface area contributed by atoms with Crippen LogP contribution in [0.1, 0.15) is 42.4 Å². The SMILES string of the molecule is CC1(COc2cccc(N3CCN(Cc4nc5ccc(C(=O)O)cc5n4C[C@@H]4CCO4)CC3)n2)CC(F)(F)C1. The molecule has 1 N–H and O–H groups in total. The number of alkyl halides is 2. The molecule has 1 saturated carbocycles. The number of anilines is 1. The van der Waals surface area contributed by atoms with Crippen LogP contribution in [0.5, 0.6) is 5.88 Å². The van der Waals surface area contributed by atoms with Crippen LogP contribution < -0.4 is 9.64 Å². The topological polar surface area (TPSA) is 93.0 Å². The molecule has 3 aliphatic rings. The Hall–Kier alpha value is -3.31. The third-order valence-electron chi connectivity index (χ3n) is 7.96. The first-order chi connectivity index (χ1) is 18.7. The average Bonchev–Trinajstić information content (AvgIpc) is 3.20. The van der Waals surface area contributed by atoms with Gasteiger partial charge in [0.05, 0.1) is 42.4 Å². The Kier molecular flexibility index (Phi) is 6.66. The summed E-state index contributed by atoms with van der Waals surface area (Å²) in [6, 6.07) is 10.7. The van der Waals surface area contributed by atoms with Crippen molar-refractivity contribution in [3.8, 4) is 5.88 Å². The minimum Gasteiger partial charge on any atom is -0.478 e. The number of aromatic carboxylic acids is 1. The number of carbonyl (C=O) groups is 1. The van der Waals surface area contributed by atoms with Crippen molar-refractivity contribution in [3.05, 3.63) is 47.8 Å². The zero-order valence-electron chi connectivity index (χ0n) is 22.0. The molecule has 2 saturated heterocycles. The summed E-state index contributed by atoms with van der Waals surface area (Å²) < 4.78 is 40.2. The molecule has 208 valence electrons. The second kappa shape index (κ2) is 10.0. The largest absolute Gasteiger partial charge is 0.478 e. The van der Waals surface area contributed by atoms with Gasteiger partial charge < -0.3 is 24.0 Å². The van der Waals surface area contributed by atoms with Crippen molar-refractivity contribution in [2.45, 2.75) is 51.3 Å². The zero-order valence-corrected chi connectivity index (χ0v) is 22.0. The summed E-state index contributed by atoms with van der Waals surface area (Å²) in [6.45, 7) is 7.28. The number of aromatic nitrogens is 3. The van der Waals surface area contributed by atoms with Crippen LogP contribution in [0.4, 0.5) is 14.6 Å². The summed E-state index contributed by atoms with van der Waals surface area (Å²) in [5, 5.41) is 9.47. The number of carboxylic acids is 1. The lowest BCUT2D eigenvalue weighted by atomic mass is 9.68. The van der Waals surface area contributed by atoms with E-state index in [0.29, 0.717) is 19.0 Å². The molecule has 11 heteroatoms. The quantitative estimate of drug-likeness (QED) is 0.434. The Morgan fingerprint density at radius 3 is 2.59 bits per heavy atom. The van der Waals surface area contributed by atoms with Gasteiger partial charge in [-0.3, -0.25) is 4.90 Å². The van der Waals surface area contributed by atoms with Gasteiger partial charge in [-0.05, 0) is 30.7 Å². The monoisotopic (exact) mass is 541 g/mol. The van der Waals surface area contributed by atoms with E-state index in [4.69, 9.17) is 14.5 Å². The number of hydrogen-bond acceptors (Lipinski definition) is 7. The van der Waals surface area contributed by atoms with Crippen LogP contribution in [0, 0.1) is 5.41 Å². The van der Waals surface area contributed by atoms with E-state index in [1.807, 2.05) is 19.1 Å². The van der Waals surface area contributed by atoms with E-state index in [0.717, 1.165) is 61.9 Å². The first kappa shape index (κ1) is 25.9. The molecular weight excluding hydrogens is 508 g/mol. The molecule has 3 aromatic rings. The first-order valence-corrected chi connectivity index (χ1v) is 13.5. The van der Waals surface area contributed by atoms with Crippen LogP contribution in [0.15, 0.2) is 36.4 Å². The van der Waals surface area contributed by atoms with Crippen molar-refractivity contribution in [3.63, 3.8) is 0 Å². The fraction of sp³-hybridized carbons (Fsp3) is 0.536. The van der Waals surface area contributed by atoms with Gasteiger partial charge >= 0.3 is 5.97 Å². The van der Waals surface area contributed by atoms with Gasteiger partial charge in [-0.1, -0.05) is 13.0 Å². The van der Waals surface area contributed by atoms with Crippen molar-refractivity contribution in [1.82, 2.24) is 19.4 Å². The summed E-state index contributed by atoms with van der Waals surface area (Å²) >= 11 is 0. The molecule has 0 radical (unpaired) electrons. The minimum atomic E-state index is -2.58. The average molecular weight is 542 g/mol. The molecule has 0 amide bonds. The molecule has 2 aliphatic heterocycles. The van der Waals surface area contributed by atoms with Crippen molar-refractivity contribution in [2.75, 3.05) is 44.3 Å². The highest BCUT2D eigenvalue weighted by Gasteiger charge is 2.54. The molecule has 2 aromatic heterocycles. The summed E-state index contributed by atoms with van der Waals surface area (Å²) in [6.07, 6.45) is 0.807. The number of imidazole rings is 1. The third kappa shape index (κ3) is 5.56. The van der Waals surface area contributed by atoms with Crippen molar-refractivity contribution in [1.29, 1.82) is 0 Å².